The highest BCUT2D eigenvalue weighted by Gasteiger charge is 2.53. The average Bonchev–Trinajstić information content (AvgIpc) is 3.42. The van der Waals surface area contributed by atoms with Crippen molar-refractivity contribution in [3.63, 3.8) is 0 Å². The van der Waals surface area contributed by atoms with E-state index >= 15 is 4.39 Å². The maximum absolute atomic E-state index is 15.7. The Kier molecular flexibility index (Phi) is 11.3. The Bertz CT molecular complexity index is 1740. The van der Waals surface area contributed by atoms with Gasteiger partial charge in [0.1, 0.15) is 6.04 Å². The van der Waals surface area contributed by atoms with Crippen molar-refractivity contribution in [2.75, 3.05) is 33.5 Å². The number of nitrogens with zero attached hydrogens (tertiary/aromatic N) is 3. The Morgan fingerprint density at radius 1 is 1.14 bits per heavy atom. The number of amides is 1. The van der Waals surface area contributed by atoms with Gasteiger partial charge in [0.25, 0.3) is 0 Å². The molecule has 0 spiro atoms. The van der Waals surface area contributed by atoms with E-state index in [2.05, 4.69) is 48.9 Å². The average molecular weight is 743 g/mol. The van der Waals surface area contributed by atoms with Crippen LogP contribution in [0.5, 0.6) is 5.75 Å². The Morgan fingerprint density at radius 3 is 2.59 bits per heavy atom. The second-order valence-corrected chi connectivity index (χ2v) is 19.5. The van der Waals surface area contributed by atoms with E-state index in [9.17, 15) is 13.2 Å². The first-order chi connectivity index (χ1) is 24.0. The molecule has 1 amide bonds. The number of methoxy groups -OCH3 is 1. The summed E-state index contributed by atoms with van der Waals surface area (Å²) in [5, 5.41) is 3.72. The van der Waals surface area contributed by atoms with E-state index in [0.29, 0.717) is 47.2 Å². The summed E-state index contributed by atoms with van der Waals surface area (Å²) >= 11 is 6.61. The minimum absolute atomic E-state index is 0.00343. The van der Waals surface area contributed by atoms with Gasteiger partial charge in [-0.25, -0.2) is 12.8 Å². The fourth-order valence-corrected chi connectivity index (χ4v) is 11.2. The normalized spacial score (nSPS) is 27.6. The summed E-state index contributed by atoms with van der Waals surface area (Å²) in [5.74, 6) is 1.49. The van der Waals surface area contributed by atoms with Crippen LogP contribution in [0.4, 0.5) is 4.39 Å². The molecule has 0 aromatic heterocycles. The Hall–Kier alpha value is -2.50. The molecule has 2 bridgehead atoms. The van der Waals surface area contributed by atoms with Gasteiger partial charge in [-0.15, -0.1) is 0 Å². The van der Waals surface area contributed by atoms with Crippen molar-refractivity contribution in [2.45, 2.75) is 97.6 Å². The van der Waals surface area contributed by atoms with E-state index < -0.39 is 21.9 Å². The van der Waals surface area contributed by atoms with Crippen LogP contribution in [-0.2, 0) is 34.5 Å². The summed E-state index contributed by atoms with van der Waals surface area (Å²) in [5.41, 5.74) is 3.73. The molecule has 11 heteroatoms. The number of sulfonamides is 1. The van der Waals surface area contributed by atoms with E-state index in [1.807, 2.05) is 38.4 Å². The predicted octanol–water partition coefficient (Wildman–Crippen LogP) is 6.87. The lowest BCUT2D eigenvalue weighted by Crippen LogP contribution is -2.52. The van der Waals surface area contributed by atoms with Gasteiger partial charge >= 0.3 is 0 Å². The molecule has 280 valence electrons. The van der Waals surface area contributed by atoms with Crippen molar-refractivity contribution in [2.24, 2.45) is 29.1 Å². The number of ether oxygens (including phenoxy) is 1. The first-order valence-corrected chi connectivity index (χ1v) is 20.5. The largest absolute Gasteiger partial charge is 0.494 e. The summed E-state index contributed by atoms with van der Waals surface area (Å²) in [4.78, 5) is 18.3. The number of benzene rings is 2. The molecule has 2 aromatic rings. The lowest BCUT2D eigenvalue weighted by Gasteiger charge is -2.40. The molecule has 2 aromatic carbocycles. The number of carbonyl (C=O) groups is 1. The topological polar surface area (TPSA) is 82.2 Å². The molecule has 1 saturated heterocycles. The highest BCUT2D eigenvalue weighted by atomic mass is 35.5. The number of fused-ring (bicyclic) bond motifs is 1. The quantitative estimate of drug-likeness (QED) is 0.226. The number of hydrogen-bond acceptors (Lipinski definition) is 6. The summed E-state index contributed by atoms with van der Waals surface area (Å²) in [6, 6.07) is 10.6. The smallest absolute Gasteiger partial charge is 0.238 e. The monoisotopic (exact) mass is 742 g/mol. The number of likely N-dealkylation sites (N-methyl/N-ethyl adjacent to an activating group) is 1. The molecule has 0 radical (unpaired) electrons. The zero-order chi connectivity index (χ0) is 36.8. The van der Waals surface area contributed by atoms with Gasteiger partial charge in [-0.2, -0.15) is 4.31 Å². The van der Waals surface area contributed by atoms with Gasteiger partial charge in [-0.1, -0.05) is 75.2 Å². The third-order valence-corrected chi connectivity index (χ3v) is 13.7. The number of hydrogen-bond donors (Lipinski definition) is 1. The molecular weight excluding hydrogens is 687 g/mol. The van der Waals surface area contributed by atoms with Gasteiger partial charge in [0.15, 0.2) is 11.6 Å². The van der Waals surface area contributed by atoms with Crippen LogP contribution in [-0.4, -0.2) is 80.1 Å². The lowest BCUT2D eigenvalue weighted by atomic mass is 9.68. The first kappa shape index (κ1) is 38.2. The summed E-state index contributed by atoms with van der Waals surface area (Å²) in [6.45, 7) is 10.5. The standard InChI is InChI=1S/C40H56ClFN4O4S/c1-25-15-28-18-32-31(28)19-29(16-25)38(32)43-39(47)35-13-14-51(48,49)46(35)22-27-10-8-9-26(17-27)21-45(30(23-44(5)6)20-40(2,3)4)24-33-34(41)11-12-36(50-7)37(33)42/h8-12,15,17,25,29-32,35,38H,13-14,16,18-24H2,1-7H3,(H,43,47). The summed E-state index contributed by atoms with van der Waals surface area (Å²) < 4.78 is 49.3. The Morgan fingerprint density at radius 2 is 1.88 bits per heavy atom. The van der Waals surface area contributed by atoms with E-state index in [0.717, 1.165) is 43.4 Å². The van der Waals surface area contributed by atoms with Crippen LogP contribution in [0, 0.1) is 34.9 Å². The minimum Gasteiger partial charge on any atom is -0.494 e. The van der Waals surface area contributed by atoms with Gasteiger partial charge in [0.05, 0.1) is 12.9 Å². The highest BCUT2D eigenvalue weighted by molar-refractivity contribution is 7.89. The van der Waals surface area contributed by atoms with Gasteiger partial charge in [0, 0.05) is 48.8 Å². The van der Waals surface area contributed by atoms with Crippen molar-refractivity contribution < 1.29 is 22.3 Å². The molecule has 2 saturated carbocycles. The third-order valence-electron chi connectivity index (χ3n) is 11.5. The maximum atomic E-state index is 15.7. The number of carbonyl (C=O) groups excluding carboxylic acids is 1. The van der Waals surface area contributed by atoms with Crippen molar-refractivity contribution >= 4 is 27.5 Å². The number of nitrogens with one attached hydrogen (secondary N) is 1. The minimum atomic E-state index is -3.61. The lowest BCUT2D eigenvalue weighted by molar-refractivity contribution is -0.126. The van der Waals surface area contributed by atoms with E-state index in [-0.39, 0.29) is 48.0 Å². The molecule has 1 N–H and O–H groups in total. The summed E-state index contributed by atoms with van der Waals surface area (Å²) in [7, 11) is 1.92. The van der Waals surface area contributed by atoms with Crippen LogP contribution in [0.3, 0.4) is 0 Å². The van der Waals surface area contributed by atoms with Crippen molar-refractivity contribution in [3.8, 4) is 5.75 Å². The first-order valence-electron chi connectivity index (χ1n) is 18.5. The molecule has 1 heterocycles. The molecule has 51 heavy (non-hydrogen) atoms. The van der Waals surface area contributed by atoms with Crippen molar-refractivity contribution in [1.82, 2.24) is 19.4 Å². The fourth-order valence-electron chi connectivity index (χ4n) is 9.30. The van der Waals surface area contributed by atoms with Crippen LogP contribution in [0.2, 0.25) is 5.02 Å². The Balaban J connectivity index is 1.22. The third kappa shape index (κ3) is 8.51. The van der Waals surface area contributed by atoms with Crippen molar-refractivity contribution in [1.29, 1.82) is 0 Å². The van der Waals surface area contributed by atoms with E-state index in [1.54, 1.807) is 17.7 Å². The molecule has 3 aliphatic carbocycles. The van der Waals surface area contributed by atoms with Gasteiger partial charge < -0.3 is 15.0 Å². The molecule has 3 fully saturated rings. The molecule has 7 atom stereocenters. The predicted molar refractivity (Wildman–Crippen MR) is 201 cm³/mol. The zero-order valence-corrected chi connectivity index (χ0v) is 32.9. The molecular formula is C40H56ClFN4O4S. The van der Waals surface area contributed by atoms with Gasteiger partial charge in [0.2, 0.25) is 15.9 Å². The fraction of sp³-hybridized carbons (Fsp3) is 0.625. The summed E-state index contributed by atoms with van der Waals surface area (Å²) in [6.07, 6.45) is 6.84. The zero-order valence-electron chi connectivity index (χ0n) is 31.3. The molecule has 6 rings (SSSR count). The van der Waals surface area contributed by atoms with Crippen LogP contribution in [0.25, 0.3) is 0 Å². The van der Waals surface area contributed by atoms with Crippen LogP contribution < -0.4 is 10.1 Å². The number of allylic oxidation sites excluding steroid dienone is 2. The van der Waals surface area contributed by atoms with Gasteiger partial charge in [-0.3, -0.25) is 9.69 Å². The number of halogens is 2. The van der Waals surface area contributed by atoms with E-state index in [1.165, 1.54) is 11.4 Å². The maximum Gasteiger partial charge on any atom is 0.238 e. The van der Waals surface area contributed by atoms with Crippen LogP contribution in [0.15, 0.2) is 48.0 Å². The van der Waals surface area contributed by atoms with Crippen LogP contribution in [0.1, 0.15) is 76.5 Å². The molecule has 4 aliphatic rings. The molecule has 8 nitrogen and oxygen atoms in total. The van der Waals surface area contributed by atoms with Gasteiger partial charge in [-0.05, 0) is 98.5 Å². The highest BCUT2D eigenvalue weighted by Crippen LogP contribution is 2.57. The second-order valence-electron chi connectivity index (χ2n) is 17.1. The van der Waals surface area contributed by atoms with E-state index in [4.69, 9.17) is 16.3 Å². The second kappa shape index (κ2) is 15.1. The number of rotatable bonds is 13. The molecule has 7 unspecified atom stereocenters. The van der Waals surface area contributed by atoms with Crippen molar-refractivity contribution in [3.05, 3.63) is 75.6 Å². The van der Waals surface area contributed by atoms with Crippen LogP contribution >= 0.6 is 11.6 Å². The molecule has 1 aliphatic heterocycles. The SMILES string of the molecule is COc1ccc(Cl)c(CN(Cc2cccc(CN3C(C(=O)NC4C5CC(C)C=C6CC4C6C5)CCS3(=O)=O)c2)C(CN(C)C)CC(C)(C)C)c1F. The Labute approximate surface area is 309 Å².